The number of nitrogens with two attached hydrogens (primary N) is 1. The van der Waals surface area contributed by atoms with Crippen LogP contribution in [0.5, 0.6) is 0 Å². The summed E-state index contributed by atoms with van der Waals surface area (Å²) in [6.07, 6.45) is 4.08. The molecule has 3 N–H and O–H groups in total. The smallest absolute Gasteiger partial charge is 0.222 e. The quantitative estimate of drug-likeness (QED) is 0.684. The third kappa shape index (κ3) is 3.41. The van der Waals surface area contributed by atoms with Gasteiger partial charge in [0.15, 0.2) is 5.82 Å². The second-order valence-electron chi connectivity index (χ2n) is 5.52. The van der Waals surface area contributed by atoms with Crippen molar-refractivity contribution in [2.75, 3.05) is 17.6 Å². The number of aromatic nitrogens is 3. The lowest BCUT2D eigenvalue weighted by molar-refractivity contribution is 0.624. The number of hydrogen-bond acceptors (Lipinski definition) is 4. The van der Waals surface area contributed by atoms with Crippen LogP contribution >= 0.6 is 0 Å². The van der Waals surface area contributed by atoms with Gasteiger partial charge in [-0.2, -0.15) is 4.98 Å². The summed E-state index contributed by atoms with van der Waals surface area (Å²) in [4.78, 5) is 8.60. The van der Waals surface area contributed by atoms with Gasteiger partial charge < -0.3 is 15.6 Å². The zero-order valence-corrected chi connectivity index (χ0v) is 13.1. The van der Waals surface area contributed by atoms with Crippen LogP contribution in [0.3, 0.4) is 0 Å². The molecular weight excluding hydrogens is 293 g/mol. The lowest BCUT2D eigenvalue weighted by atomic mass is 10.2. The van der Waals surface area contributed by atoms with Gasteiger partial charge in [0.2, 0.25) is 5.95 Å². The predicted molar refractivity (Wildman–Crippen MR) is 90.8 cm³/mol. The minimum Gasteiger partial charge on any atom is -0.368 e. The van der Waals surface area contributed by atoms with Crippen molar-refractivity contribution in [3.63, 3.8) is 0 Å². The lowest BCUT2D eigenvalue weighted by Gasteiger charge is -2.11. The summed E-state index contributed by atoms with van der Waals surface area (Å²) in [6, 6.07) is 8.49. The SMILES string of the molecule is CCCCNc1nc(N)nc2ccn(Cc3cccc(F)c3)c12. The third-order valence-electron chi connectivity index (χ3n) is 3.69. The second-order valence-corrected chi connectivity index (χ2v) is 5.52. The maximum Gasteiger partial charge on any atom is 0.222 e. The number of nitrogen functional groups attached to an aromatic ring is 1. The highest BCUT2D eigenvalue weighted by Gasteiger charge is 2.11. The molecule has 2 aromatic heterocycles. The third-order valence-corrected chi connectivity index (χ3v) is 3.69. The maximum absolute atomic E-state index is 13.4. The standard InChI is InChI=1S/C17H20FN5/c1-2-3-8-20-16-15-14(21-17(19)22-16)7-9-23(15)11-12-5-4-6-13(18)10-12/h4-7,9-10H,2-3,8,11H2,1H3,(H3,19,20,21,22). The molecule has 3 aromatic rings. The molecular formula is C17H20FN5. The molecule has 0 amide bonds. The minimum absolute atomic E-state index is 0.235. The highest BCUT2D eigenvalue weighted by atomic mass is 19.1. The van der Waals surface area contributed by atoms with Gasteiger partial charge in [-0.05, 0) is 30.2 Å². The first kappa shape index (κ1) is 15.3. The highest BCUT2D eigenvalue weighted by Crippen LogP contribution is 2.23. The molecule has 6 heteroatoms. The molecule has 0 aliphatic rings. The first-order chi connectivity index (χ1) is 11.2. The van der Waals surface area contributed by atoms with Gasteiger partial charge in [0.25, 0.3) is 0 Å². The molecule has 0 bridgehead atoms. The van der Waals surface area contributed by atoms with Crippen molar-refractivity contribution < 1.29 is 4.39 Å². The number of nitrogens with one attached hydrogen (secondary N) is 1. The van der Waals surface area contributed by atoms with E-state index in [0.717, 1.165) is 41.8 Å². The number of unbranched alkanes of at least 4 members (excludes halogenated alkanes) is 1. The van der Waals surface area contributed by atoms with Gasteiger partial charge in [0.1, 0.15) is 11.3 Å². The molecule has 1 aromatic carbocycles. The number of halogens is 1. The summed E-state index contributed by atoms with van der Waals surface area (Å²) in [6.45, 7) is 3.52. The van der Waals surface area contributed by atoms with E-state index in [1.54, 1.807) is 6.07 Å². The molecule has 5 nitrogen and oxygen atoms in total. The fourth-order valence-corrected chi connectivity index (χ4v) is 2.60. The molecule has 0 saturated heterocycles. The van der Waals surface area contributed by atoms with Gasteiger partial charge in [-0.3, -0.25) is 0 Å². The van der Waals surface area contributed by atoms with Crippen LogP contribution in [0.15, 0.2) is 36.5 Å². The first-order valence-electron chi connectivity index (χ1n) is 7.78. The number of fused-ring (bicyclic) bond motifs is 1. The fraction of sp³-hybridized carbons (Fsp3) is 0.294. The van der Waals surface area contributed by atoms with E-state index in [9.17, 15) is 4.39 Å². The number of anilines is 2. The zero-order chi connectivity index (χ0) is 16.2. The van der Waals surface area contributed by atoms with Crippen LogP contribution in [0.4, 0.5) is 16.2 Å². The Labute approximate surface area is 134 Å². The van der Waals surface area contributed by atoms with E-state index in [1.807, 2.05) is 22.9 Å². The molecule has 0 radical (unpaired) electrons. The average Bonchev–Trinajstić information content (AvgIpc) is 2.90. The molecule has 120 valence electrons. The van der Waals surface area contributed by atoms with Gasteiger partial charge in [-0.15, -0.1) is 0 Å². The highest BCUT2D eigenvalue weighted by molar-refractivity contribution is 5.87. The molecule has 0 spiro atoms. The van der Waals surface area contributed by atoms with Crippen LogP contribution in [0.1, 0.15) is 25.3 Å². The van der Waals surface area contributed by atoms with Crippen LogP contribution in [-0.4, -0.2) is 21.1 Å². The van der Waals surface area contributed by atoms with Crippen molar-refractivity contribution in [3.05, 3.63) is 47.9 Å². The van der Waals surface area contributed by atoms with E-state index >= 15 is 0 Å². The number of benzene rings is 1. The Bertz CT molecular complexity index is 812. The Kier molecular flexibility index (Phi) is 4.41. The van der Waals surface area contributed by atoms with E-state index in [-0.39, 0.29) is 11.8 Å². The summed E-state index contributed by atoms with van der Waals surface area (Å²) < 4.78 is 15.4. The number of nitrogens with zero attached hydrogens (tertiary/aromatic N) is 3. The minimum atomic E-state index is -0.235. The summed E-state index contributed by atoms with van der Waals surface area (Å²) >= 11 is 0. The summed E-state index contributed by atoms with van der Waals surface area (Å²) in [7, 11) is 0. The van der Waals surface area contributed by atoms with Crippen molar-refractivity contribution in [1.29, 1.82) is 0 Å². The van der Waals surface area contributed by atoms with E-state index in [0.29, 0.717) is 6.54 Å². The van der Waals surface area contributed by atoms with Crippen molar-refractivity contribution in [1.82, 2.24) is 14.5 Å². The average molecular weight is 313 g/mol. The molecule has 0 saturated carbocycles. The van der Waals surface area contributed by atoms with E-state index in [4.69, 9.17) is 5.73 Å². The molecule has 23 heavy (non-hydrogen) atoms. The lowest BCUT2D eigenvalue weighted by Crippen LogP contribution is -2.09. The van der Waals surface area contributed by atoms with Gasteiger partial charge >= 0.3 is 0 Å². The normalized spacial score (nSPS) is 11.0. The summed E-state index contributed by atoms with van der Waals surface area (Å²) in [5.41, 5.74) is 8.35. The predicted octanol–water partition coefficient (Wildman–Crippen LogP) is 3.41. The Morgan fingerprint density at radius 1 is 1.26 bits per heavy atom. The van der Waals surface area contributed by atoms with Crippen molar-refractivity contribution >= 4 is 22.8 Å². The molecule has 2 heterocycles. The molecule has 3 rings (SSSR count). The van der Waals surface area contributed by atoms with Gasteiger partial charge in [-0.25, -0.2) is 9.37 Å². The van der Waals surface area contributed by atoms with E-state index in [2.05, 4.69) is 22.2 Å². The summed E-state index contributed by atoms with van der Waals surface area (Å²) in [5.74, 6) is 0.739. The van der Waals surface area contributed by atoms with Gasteiger partial charge in [-0.1, -0.05) is 25.5 Å². The van der Waals surface area contributed by atoms with E-state index < -0.39 is 0 Å². The molecule has 0 aliphatic heterocycles. The largest absolute Gasteiger partial charge is 0.368 e. The van der Waals surface area contributed by atoms with Crippen LogP contribution < -0.4 is 11.1 Å². The maximum atomic E-state index is 13.4. The Morgan fingerprint density at radius 3 is 2.91 bits per heavy atom. The van der Waals surface area contributed by atoms with Crippen LogP contribution in [0.2, 0.25) is 0 Å². The summed E-state index contributed by atoms with van der Waals surface area (Å²) in [5, 5.41) is 3.33. The molecule has 0 atom stereocenters. The number of rotatable bonds is 6. The fourth-order valence-electron chi connectivity index (χ4n) is 2.60. The van der Waals surface area contributed by atoms with Crippen molar-refractivity contribution in [2.24, 2.45) is 0 Å². The first-order valence-corrected chi connectivity index (χ1v) is 7.78. The van der Waals surface area contributed by atoms with Crippen LogP contribution in [-0.2, 0) is 6.54 Å². The zero-order valence-electron chi connectivity index (χ0n) is 13.1. The Balaban J connectivity index is 1.97. The van der Waals surface area contributed by atoms with Crippen LogP contribution in [0, 0.1) is 5.82 Å². The molecule has 0 aliphatic carbocycles. The van der Waals surface area contributed by atoms with Gasteiger partial charge in [0.05, 0.1) is 5.52 Å². The van der Waals surface area contributed by atoms with Crippen molar-refractivity contribution in [3.8, 4) is 0 Å². The van der Waals surface area contributed by atoms with E-state index in [1.165, 1.54) is 12.1 Å². The van der Waals surface area contributed by atoms with Gasteiger partial charge in [0, 0.05) is 19.3 Å². The molecule has 0 unspecified atom stereocenters. The van der Waals surface area contributed by atoms with Crippen LogP contribution in [0.25, 0.3) is 11.0 Å². The Morgan fingerprint density at radius 2 is 2.13 bits per heavy atom. The van der Waals surface area contributed by atoms with Crippen molar-refractivity contribution in [2.45, 2.75) is 26.3 Å². The second kappa shape index (κ2) is 6.64. The monoisotopic (exact) mass is 313 g/mol. The Hall–Kier alpha value is -2.63. The molecule has 0 fully saturated rings. The number of hydrogen-bond donors (Lipinski definition) is 2. The topological polar surface area (TPSA) is 68.8 Å².